The van der Waals surface area contributed by atoms with E-state index in [2.05, 4.69) is 10.3 Å². The number of nitrogens with one attached hydrogen (secondary N) is 1. The Hall–Kier alpha value is -2.37. The predicted molar refractivity (Wildman–Crippen MR) is 69.5 cm³/mol. The molecule has 0 aliphatic rings. The van der Waals surface area contributed by atoms with Gasteiger partial charge in [-0.2, -0.15) is 4.98 Å². The highest BCUT2D eigenvalue weighted by Crippen LogP contribution is 2.23. The van der Waals surface area contributed by atoms with Crippen LogP contribution in [0.5, 0.6) is 5.88 Å². The Morgan fingerprint density at radius 3 is 2.53 bits per heavy atom. The average molecular weight is 265 g/mol. The fraction of sp³-hybridized carbons (Fsp3) is 0.154. The van der Waals surface area contributed by atoms with Crippen molar-refractivity contribution >= 4 is 17.2 Å². The third-order valence-electron chi connectivity index (χ3n) is 2.31. The predicted octanol–water partition coefficient (Wildman–Crippen LogP) is 3.08. The molecule has 4 nitrogen and oxygen atoms in total. The van der Waals surface area contributed by atoms with Gasteiger partial charge in [0.15, 0.2) is 0 Å². The molecule has 1 aromatic carbocycles. The number of pyridine rings is 1. The quantitative estimate of drug-likeness (QED) is 0.891. The summed E-state index contributed by atoms with van der Waals surface area (Å²) in [6, 6.07) is 6.34. The lowest BCUT2D eigenvalue weighted by molar-refractivity contribution is 0.329. The van der Waals surface area contributed by atoms with Crippen LogP contribution in [-0.4, -0.2) is 11.6 Å². The number of benzene rings is 1. The van der Waals surface area contributed by atoms with E-state index in [4.69, 9.17) is 10.5 Å². The van der Waals surface area contributed by atoms with Gasteiger partial charge in [-0.05, 0) is 31.2 Å². The molecule has 19 heavy (non-hydrogen) atoms. The Morgan fingerprint density at radius 1 is 1.21 bits per heavy atom. The molecule has 0 saturated heterocycles. The van der Waals surface area contributed by atoms with Crippen LogP contribution < -0.4 is 15.8 Å². The maximum absolute atomic E-state index is 13.0. The molecule has 0 aliphatic carbocycles. The first-order valence-corrected chi connectivity index (χ1v) is 5.71. The number of anilines is 3. The molecule has 1 heterocycles. The van der Waals surface area contributed by atoms with E-state index in [0.29, 0.717) is 18.1 Å². The van der Waals surface area contributed by atoms with Gasteiger partial charge in [0, 0.05) is 11.8 Å². The molecule has 0 fully saturated rings. The van der Waals surface area contributed by atoms with Gasteiger partial charge in [0.2, 0.25) is 5.88 Å². The largest absolute Gasteiger partial charge is 0.476 e. The number of nitrogen functional groups attached to an aromatic ring is 1. The van der Waals surface area contributed by atoms with Crippen molar-refractivity contribution in [2.75, 3.05) is 17.7 Å². The van der Waals surface area contributed by atoms with E-state index in [-0.39, 0.29) is 11.6 Å². The molecule has 3 N–H and O–H groups in total. The molecule has 0 aliphatic heterocycles. The van der Waals surface area contributed by atoms with Gasteiger partial charge in [-0.1, -0.05) is 0 Å². The minimum atomic E-state index is -0.664. The molecule has 0 atom stereocenters. The van der Waals surface area contributed by atoms with Crippen LogP contribution in [0.3, 0.4) is 0 Å². The first kappa shape index (κ1) is 13.1. The number of hydrogen-bond acceptors (Lipinski definition) is 4. The first-order valence-electron chi connectivity index (χ1n) is 5.71. The Labute approximate surface area is 109 Å². The number of hydrogen-bond donors (Lipinski definition) is 2. The van der Waals surface area contributed by atoms with Crippen molar-refractivity contribution in [3.8, 4) is 5.88 Å². The van der Waals surface area contributed by atoms with Crippen LogP contribution in [0.4, 0.5) is 26.0 Å². The summed E-state index contributed by atoms with van der Waals surface area (Å²) in [6.45, 7) is 2.23. The van der Waals surface area contributed by atoms with E-state index in [1.807, 2.05) is 6.92 Å². The van der Waals surface area contributed by atoms with Crippen LogP contribution in [-0.2, 0) is 0 Å². The summed E-state index contributed by atoms with van der Waals surface area (Å²) in [5.74, 6) is -0.655. The van der Waals surface area contributed by atoms with Crippen molar-refractivity contribution in [1.82, 2.24) is 4.98 Å². The molecule has 2 aromatic rings. The summed E-state index contributed by atoms with van der Waals surface area (Å²) < 4.78 is 31.3. The van der Waals surface area contributed by atoms with Gasteiger partial charge in [0.05, 0.1) is 12.3 Å². The van der Waals surface area contributed by atoms with Crippen molar-refractivity contribution < 1.29 is 13.5 Å². The van der Waals surface area contributed by atoms with Gasteiger partial charge in [-0.25, -0.2) is 8.78 Å². The molecule has 6 heteroatoms. The number of ether oxygens (including phenoxy) is 1. The molecule has 0 amide bonds. The SMILES string of the molecule is CCOc1nc(Nc2cc(F)cc(F)c2)ccc1N. The highest BCUT2D eigenvalue weighted by atomic mass is 19.1. The first-order chi connectivity index (χ1) is 9.08. The van der Waals surface area contributed by atoms with Gasteiger partial charge in [0.25, 0.3) is 0 Å². The fourth-order valence-electron chi connectivity index (χ4n) is 1.55. The molecule has 2 rings (SSSR count). The molecule has 0 bridgehead atoms. The van der Waals surface area contributed by atoms with Crippen molar-refractivity contribution in [1.29, 1.82) is 0 Å². The fourth-order valence-corrected chi connectivity index (χ4v) is 1.55. The molecule has 0 unspecified atom stereocenters. The highest BCUT2D eigenvalue weighted by Gasteiger charge is 2.06. The van der Waals surface area contributed by atoms with E-state index >= 15 is 0 Å². The number of rotatable bonds is 4. The van der Waals surface area contributed by atoms with Crippen LogP contribution in [0.15, 0.2) is 30.3 Å². The number of nitrogens with zero attached hydrogens (tertiary/aromatic N) is 1. The maximum atomic E-state index is 13.0. The minimum absolute atomic E-state index is 0.261. The molecular formula is C13H13F2N3O. The van der Waals surface area contributed by atoms with Gasteiger partial charge in [-0.3, -0.25) is 0 Å². The lowest BCUT2D eigenvalue weighted by Gasteiger charge is -2.10. The van der Waals surface area contributed by atoms with Crippen molar-refractivity contribution in [3.05, 3.63) is 42.0 Å². The molecule has 0 saturated carbocycles. The third-order valence-corrected chi connectivity index (χ3v) is 2.31. The summed E-state index contributed by atoms with van der Waals surface area (Å²) in [5.41, 5.74) is 6.34. The van der Waals surface area contributed by atoms with Crippen LogP contribution >= 0.6 is 0 Å². The van der Waals surface area contributed by atoms with E-state index in [1.54, 1.807) is 12.1 Å². The van der Waals surface area contributed by atoms with Gasteiger partial charge >= 0.3 is 0 Å². The molecule has 1 aromatic heterocycles. The van der Waals surface area contributed by atoms with E-state index in [1.165, 1.54) is 12.1 Å². The standard InChI is InChI=1S/C13H13F2N3O/c1-2-19-13-11(16)3-4-12(18-13)17-10-6-8(14)5-9(15)7-10/h3-7H,2,16H2,1H3,(H,17,18). The monoisotopic (exact) mass is 265 g/mol. The summed E-state index contributed by atoms with van der Waals surface area (Å²) in [7, 11) is 0. The van der Waals surface area contributed by atoms with Crippen LogP contribution in [0.1, 0.15) is 6.92 Å². The van der Waals surface area contributed by atoms with E-state index in [9.17, 15) is 8.78 Å². The Balaban J connectivity index is 2.25. The van der Waals surface area contributed by atoms with Gasteiger partial charge < -0.3 is 15.8 Å². The van der Waals surface area contributed by atoms with E-state index < -0.39 is 11.6 Å². The zero-order valence-corrected chi connectivity index (χ0v) is 10.3. The lowest BCUT2D eigenvalue weighted by Crippen LogP contribution is -2.02. The zero-order chi connectivity index (χ0) is 13.8. The molecular weight excluding hydrogens is 252 g/mol. The third kappa shape index (κ3) is 3.31. The molecule has 100 valence electrons. The normalized spacial score (nSPS) is 10.3. The Bertz CT molecular complexity index is 570. The topological polar surface area (TPSA) is 60.2 Å². The summed E-state index contributed by atoms with van der Waals surface area (Å²) in [6.07, 6.45) is 0. The average Bonchev–Trinajstić information content (AvgIpc) is 2.32. The second-order valence-electron chi connectivity index (χ2n) is 3.81. The maximum Gasteiger partial charge on any atom is 0.239 e. The Kier molecular flexibility index (Phi) is 3.79. The smallest absolute Gasteiger partial charge is 0.239 e. The molecule has 0 spiro atoms. The summed E-state index contributed by atoms with van der Waals surface area (Å²) in [4.78, 5) is 4.11. The van der Waals surface area contributed by atoms with Crippen molar-refractivity contribution in [2.45, 2.75) is 6.92 Å². The molecule has 0 radical (unpaired) electrons. The second-order valence-corrected chi connectivity index (χ2v) is 3.81. The Morgan fingerprint density at radius 2 is 1.89 bits per heavy atom. The van der Waals surface area contributed by atoms with Crippen LogP contribution in [0, 0.1) is 11.6 Å². The van der Waals surface area contributed by atoms with Gasteiger partial charge in [-0.15, -0.1) is 0 Å². The van der Waals surface area contributed by atoms with Crippen LogP contribution in [0.2, 0.25) is 0 Å². The summed E-state index contributed by atoms with van der Waals surface area (Å²) >= 11 is 0. The van der Waals surface area contributed by atoms with E-state index in [0.717, 1.165) is 6.07 Å². The summed E-state index contributed by atoms with van der Waals surface area (Å²) in [5, 5.41) is 2.78. The van der Waals surface area contributed by atoms with Crippen molar-refractivity contribution in [3.63, 3.8) is 0 Å². The van der Waals surface area contributed by atoms with Crippen molar-refractivity contribution in [2.24, 2.45) is 0 Å². The number of halogens is 2. The highest BCUT2D eigenvalue weighted by molar-refractivity contribution is 5.60. The zero-order valence-electron chi connectivity index (χ0n) is 10.3. The number of aromatic nitrogens is 1. The lowest BCUT2D eigenvalue weighted by atomic mass is 10.3. The minimum Gasteiger partial charge on any atom is -0.476 e. The second kappa shape index (κ2) is 5.51. The number of nitrogens with two attached hydrogens (primary N) is 1. The van der Waals surface area contributed by atoms with Crippen LogP contribution in [0.25, 0.3) is 0 Å². The van der Waals surface area contributed by atoms with Gasteiger partial charge in [0.1, 0.15) is 17.5 Å².